The lowest BCUT2D eigenvalue weighted by molar-refractivity contribution is -0.134. The molecule has 1 fully saturated rings. The highest BCUT2D eigenvalue weighted by atomic mass is 19.1. The maximum atomic E-state index is 14.7. The molecule has 0 saturated carbocycles. The van der Waals surface area contributed by atoms with Gasteiger partial charge in [0.25, 0.3) is 5.91 Å². The Hall–Kier alpha value is -3.12. The summed E-state index contributed by atoms with van der Waals surface area (Å²) >= 11 is 0. The van der Waals surface area contributed by atoms with E-state index in [1.807, 2.05) is 0 Å². The maximum Gasteiger partial charge on any atom is 0.409 e. The summed E-state index contributed by atoms with van der Waals surface area (Å²) in [5, 5.41) is 3.93. The highest BCUT2D eigenvalue weighted by Gasteiger charge is 2.44. The molecule has 0 unspecified atom stereocenters. The van der Waals surface area contributed by atoms with Crippen molar-refractivity contribution in [1.29, 1.82) is 0 Å². The number of rotatable bonds is 5. The van der Waals surface area contributed by atoms with Crippen molar-refractivity contribution in [2.45, 2.75) is 51.2 Å². The van der Waals surface area contributed by atoms with Crippen molar-refractivity contribution in [2.24, 2.45) is 5.92 Å². The van der Waals surface area contributed by atoms with Crippen LogP contribution in [0, 0.1) is 29.9 Å². The number of ether oxygens (including phenoxy) is 1. The van der Waals surface area contributed by atoms with Crippen LogP contribution in [-0.4, -0.2) is 59.7 Å². The van der Waals surface area contributed by atoms with E-state index in [0.29, 0.717) is 50.0 Å². The summed E-state index contributed by atoms with van der Waals surface area (Å²) in [7, 11) is 1.35. The number of fused-ring (bicyclic) bond motifs is 3. The number of halogens is 2. The van der Waals surface area contributed by atoms with Gasteiger partial charge in [0.05, 0.1) is 24.8 Å². The zero-order chi connectivity index (χ0) is 24.4. The van der Waals surface area contributed by atoms with E-state index in [2.05, 4.69) is 23.1 Å². The average Bonchev–Trinajstić information content (AvgIpc) is 3.21. The number of piperidine rings is 1. The number of carbonyl (C=O) groups is 2. The molecule has 2 atom stereocenters. The van der Waals surface area contributed by atoms with Crippen LogP contribution in [0.15, 0.2) is 12.1 Å². The van der Waals surface area contributed by atoms with Gasteiger partial charge >= 0.3 is 6.09 Å². The van der Waals surface area contributed by atoms with Crippen molar-refractivity contribution < 1.29 is 23.1 Å². The Morgan fingerprint density at radius 3 is 2.68 bits per heavy atom. The summed E-state index contributed by atoms with van der Waals surface area (Å²) in [4.78, 5) is 31.5. The fourth-order valence-corrected chi connectivity index (χ4v) is 5.34. The summed E-state index contributed by atoms with van der Waals surface area (Å²) in [5.74, 6) is 0.455. The second-order valence-electron chi connectivity index (χ2n) is 8.95. The Morgan fingerprint density at radius 1 is 1.29 bits per heavy atom. The Bertz CT molecular complexity index is 1120. The van der Waals surface area contributed by atoms with Crippen LogP contribution >= 0.6 is 0 Å². The van der Waals surface area contributed by atoms with E-state index >= 15 is 0 Å². The van der Waals surface area contributed by atoms with Crippen LogP contribution in [0.3, 0.4) is 0 Å². The number of amides is 2. The minimum atomic E-state index is -0.672. The van der Waals surface area contributed by atoms with Crippen molar-refractivity contribution in [3.05, 3.63) is 35.0 Å². The smallest absolute Gasteiger partial charge is 0.409 e. The molecule has 1 aromatic heterocycles. The summed E-state index contributed by atoms with van der Waals surface area (Å²) < 4.78 is 33.7. The fourth-order valence-electron chi connectivity index (χ4n) is 5.34. The first-order valence-electron chi connectivity index (χ1n) is 11.7. The van der Waals surface area contributed by atoms with Crippen LogP contribution in [-0.2, 0) is 16.0 Å². The van der Waals surface area contributed by atoms with Crippen molar-refractivity contribution in [2.75, 3.05) is 26.7 Å². The number of terminal acetylenes is 1. The molecular weight excluding hydrogens is 442 g/mol. The van der Waals surface area contributed by atoms with Crippen molar-refractivity contribution in [3.8, 4) is 12.3 Å². The first-order valence-corrected chi connectivity index (χ1v) is 11.7. The molecule has 4 rings (SSSR count). The third-order valence-corrected chi connectivity index (χ3v) is 6.98. The predicted molar refractivity (Wildman–Crippen MR) is 124 cm³/mol. The highest BCUT2D eigenvalue weighted by molar-refractivity contribution is 5.94. The molecule has 7 nitrogen and oxygen atoms in total. The number of aromatic nitrogens is 1. The van der Waals surface area contributed by atoms with E-state index in [1.54, 1.807) is 9.80 Å². The molecule has 1 saturated heterocycles. The van der Waals surface area contributed by atoms with Crippen molar-refractivity contribution >= 4 is 22.9 Å². The van der Waals surface area contributed by atoms with E-state index in [9.17, 15) is 18.4 Å². The van der Waals surface area contributed by atoms with Crippen LogP contribution in [0.4, 0.5) is 13.6 Å². The van der Waals surface area contributed by atoms with Crippen LogP contribution in [0.1, 0.15) is 49.9 Å². The van der Waals surface area contributed by atoms with Gasteiger partial charge in [0.2, 0.25) is 0 Å². The molecule has 2 amide bonds. The van der Waals surface area contributed by atoms with Gasteiger partial charge in [-0.2, -0.15) is 0 Å². The quantitative estimate of drug-likeness (QED) is 0.514. The van der Waals surface area contributed by atoms with E-state index < -0.39 is 29.7 Å². The number of H-pyrrole nitrogens is 1. The molecule has 3 heterocycles. The Balaban J connectivity index is 1.78. The summed E-state index contributed by atoms with van der Waals surface area (Å²) in [6.07, 6.45) is 8.28. The van der Waals surface area contributed by atoms with Gasteiger partial charge in [0.15, 0.2) is 0 Å². The molecule has 1 aromatic carbocycles. The van der Waals surface area contributed by atoms with E-state index in [0.717, 1.165) is 24.5 Å². The Labute approximate surface area is 197 Å². The lowest BCUT2D eigenvalue weighted by Crippen LogP contribution is -2.56. The van der Waals surface area contributed by atoms with Crippen molar-refractivity contribution in [3.63, 3.8) is 0 Å². The predicted octanol–water partition coefficient (Wildman–Crippen LogP) is 3.70. The number of methoxy groups -OCH3 is 1. The van der Waals surface area contributed by atoms with Gasteiger partial charge in [0, 0.05) is 36.7 Å². The first kappa shape index (κ1) is 24.0. The molecule has 34 heavy (non-hydrogen) atoms. The molecule has 9 heteroatoms. The number of hydrogen-bond donors (Lipinski definition) is 2. The van der Waals surface area contributed by atoms with Gasteiger partial charge in [-0.3, -0.25) is 10.1 Å². The number of benzene rings is 1. The van der Waals surface area contributed by atoms with E-state index in [1.165, 1.54) is 13.2 Å². The molecule has 0 radical (unpaired) electrons. The summed E-state index contributed by atoms with van der Waals surface area (Å²) in [5.41, 5.74) is 1.71. The molecule has 0 spiro atoms. The molecule has 2 aliphatic rings. The topological polar surface area (TPSA) is 77.7 Å². The minimum Gasteiger partial charge on any atom is -0.453 e. The van der Waals surface area contributed by atoms with Crippen molar-refractivity contribution in [1.82, 2.24) is 20.1 Å². The number of likely N-dealkylation sites (tertiary alicyclic amines) is 1. The second-order valence-corrected chi connectivity index (χ2v) is 8.95. The zero-order valence-corrected chi connectivity index (χ0v) is 19.5. The third kappa shape index (κ3) is 4.34. The lowest BCUT2D eigenvalue weighted by atomic mass is 9.81. The largest absolute Gasteiger partial charge is 0.453 e. The SMILES string of the molecule is C#CC(=O)N1[C@@H](NCCCC)Cc2c([nH]c3c(F)cc(F)cc23)[C@@H]1C1CCN(C(=O)OC)CC1. The highest BCUT2D eigenvalue weighted by Crippen LogP contribution is 2.44. The van der Waals surface area contributed by atoms with Crippen LogP contribution in [0.5, 0.6) is 0 Å². The monoisotopic (exact) mass is 472 g/mol. The van der Waals surface area contributed by atoms with Gasteiger partial charge in [-0.15, -0.1) is 6.42 Å². The normalized spacial score (nSPS) is 20.8. The summed E-state index contributed by atoms with van der Waals surface area (Å²) in [6.45, 7) is 3.70. The van der Waals surface area contributed by atoms with Gasteiger partial charge in [-0.25, -0.2) is 13.6 Å². The number of carbonyl (C=O) groups excluding carboxylic acids is 2. The Kier molecular flexibility index (Phi) is 7.08. The van der Waals surface area contributed by atoms with Crippen LogP contribution < -0.4 is 5.32 Å². The second kappa shape index (κ2) is 10.0. The summed E-state index contributed by atoms with van der Waals surface area (Å²) in [6, 6.07) is 1.74. The number of aromatic amines is 1. The first-order chi connectivity index (χ1) is 16.4. The molecule has 0 aliphatic carbocycles. The molecule has 2 aromatic rings. The standard InChI is InChI=1S/C25H30F2N4O3/c1-4-6-9-28-20-14-18-17-12-16(26)13-19(27)22(17)29-23(18)24(31(20)21(32)5-2)15-7-10-30(11-8-15)25(33)34-3/h2,12-13,15,20,24,28-29H,4,6-11,14H2,1,3H3/t20-,24+/m1/s1. The van der Waals surface area contributed by atoms with Gasteiger partial charge < -0.3 is 19.5 Å². The van der Waals surface area contributed by atoms with Gasteiger partial charge in [-0.05, 0) is 49.3 Å². The van der Waals surface area contributed by atoms with Crippen LogP contribution in [0.2, 0.25) is 0 Å². The zero-order valence-electron chi connectivity index (χ0n) is 19.5. The molecule has 2 N–H and O–H groups in total. The number of nitrogens with zero attached hydrogens (tertiary/aromatic N) is 2. The minimum absolute atomic E-state index is 0.0336. The Morgan fingerprint density at radius 2 is 2.03 bits per heavy atom. The number of hydrogen-bond acceptors (Lipinski definition) is 4. The lowest BCUT2D eigenvalue weighted by Gasteiger charge is -2.46. The fraction of sp³-hybridized carbons (Fsp3) is 0.520. The molecule has 0 bridgehead atoms. The number of nitrogens with one attached hydrogen (secondary N) is 2. The van der Waals surface area contributed by atoms with E-state index in [-0.39, 0.29) is 17.5 Å². The molecule has 2 aliphatic heterocycles. The third-order valence-electron chi connectivity index (χ3n) is 6.98. The average molecular weight is 473 g/mol. The number of unbranched alkanes of at least 4 members (excludes halogenated alkanes) is 1. The molecule has 182 valence electrons. The van der Waals surface area contributed by atoms with Gasteiger partial charge in [-0.1, -0.05) is 13.3 Å². The van der Waals surface area contributed by atoms with Crippen LogP contribution in [0.25, 0.3) is 10.9 Å². The van der Waals surface area contributed by atoms with E-state index in [4.69, 9.17) is 11.2 Å². The van der Waals surface area contributed by atoms with Gasteiger partial charge in [0.1, 0.15) is 11.6 Å². The molecular formula is C25H30F2N4O3. The maximum absolute atomic E-state index is 14.7.